The Balaban J connectivity index is 1.79. The minimum atomic E-state index is 0.529. The molecule has 2 unspecified atom stereocenters. The molecule has 3 rings (SSSR count). The van der Waals surface area contributed by atoms with Gasteiger partial charge >= 0.3 is 0 Å². The molecule has 4 heteroatoms. The normalized spacial score (nSPS) is 25.0. The molecule has 1 aliphatic carbocycles. The lowest BCUT2D eigenvalue weighted by Crippen LogP contribution is -2.30. The monoisotopic (exact) mass is 230 g/mol. The van der Waals surface area contributed by atoms with Crippen molar-refractivity contribution in [3.63, 3.8) is 0 Å². The first-order chi connectivity index (χ1) is 8.33. The first-order valence-corrected chi connectivity index (χ1v) is 6.41. The smallest absolute Gasteiger partial charge is 0.243 e. The quantitative estimate of drug-likeness (QED) is 0.862. The van der Waals surface area contributed by atoms with Crippen molar-refractivity contribution in [1.82, 2.24) is 14.6 Å². The zero-order valence-electron chi connectivity index (χ0n) is 10.1. The first-order valence-electron chi connectivity index (χ1n) is 6.41. The fourth-order valence-electron chi connectivity index (χ4n) is 2.59. The van der Waals surface area contributed by atoms with Crippen LogP contribution in [0, 0.1) is 5.92 Å². The summed E-state index contributed by atoms with van der Waals surface area (Å²) in [6.07, 6.45) is 7.15. The Kier molecular flexibility index (Phi) is 2.71. The number of nitrogens with zero attached hydrogens (tertiary/aromatic N) is 3. The minimum absolute atomic E-state index is 0.529. The molecule has 1 N–H and O–H groups in total. The van der Waals surface area contributed by atoms with Crippen LogP contribution in [0.1, 0.15) is 32.6 Å². The summed E-state index contributed by atoms with van der Waals surface area (Å²) in [5, 5.41) is 7.91. The molecule has 0 amide bonds. The fourth-order valence-corrected chi connectivity index (χ4v) is 2.59. The van der Waals surface area contributed by atoms with Gasteiger partial charge in [-0.3, -0.25) is 0 Å². The molecular weight excluding hydrogens is 212 g/mol. The molecule has 2 aromatic heterocycles. The summed E-state index contributed by atoms with van der Waals surface area (Å²) in [7, 11) is 0. The second-order valence-corrected chi connectivity index (χ2v) is 4.95. The van der Waals surface area contributed by atoms with Gasteiger partial charge in [0.1, 0.15) is 0 Å². The van der Waals surface area contributed by atoms with E-state index in [4.69, 9.17) is 0 Å². The first kappa shape index (κ1) is 10.6. The van der Waals surface area contributed by atoms with Crippen molar-refractivity contribution in [1.29, 1.82) is 0 Å². The molecule has 1 aliphatic rings. The number of rotatable bonds is 2. The molecular formula is C13H18N4. The number of nitrogens with one attached hydrogen (secondary N) is 1. The molecule has 0 aliphatic heterocycles. The van der Waals surface area contributed by atoms with Gasteiger partial charge in [-0.25, -0.2) is 4.52 Å². The van der Waals surface area contributed by atoms with Crippen molar-refractivity contribution in [3.8, 4) is 0 Å². The number of fused-ring (bicyclic) bond motifs is 1. The zero-order chi connectivity index (χ0) is 11.7. The lowest BCUT2D eigenvalue weighted by molar-refractivity contribution is 0.348. The third kappa shape index (κ3) is 2.12. The second-order valence-electron chi connectivity index (χ2n) is 4.95. The number of anilines is 1. The summed E-state index contributed by atoms with van der Waals surface area (Å²) in [4.78, 5) is 4.48. The molecule has 2 atom stereocenters. The summed E-state index contributed by atoms with van der Waals surface area (Å²) < 4.78 is 1.82. The number of hydrogen-bond acceptors (Lipinski definition) is 3. The largest absolute Gasteiger partial charge is 0.350 e. The van der Waals surface area contributed by atoms with Crippen LogP contribution in [0.4, 0.5) is 5.95 Å². The van der Waals surface area contributed by atoms with Crippen LogP contribution in [0.25, 0.3) is 5.65 Å². The Bertz CT molecular complexity index is 472. The number of pyridine rings is 1. The van der Waals surface area contributed by atoms with Crippen molar-refractivity contribution in [2.24, 2.45) is 5.92 Å². The Hall–Kier alpha value is -1.58. The predicted octanol–water partition coefficient (Wildman–Crippen LogP) is 2.72. The Labute approximate surface area is 101 Å². The molecule has 4 nitrogen and oxygen atoms in total. The highest BCUT2D eigenvalue weighted by atomic mass is 15.3. The van der Waals surface area contributed by atoms with E-state index in [-0.39, 0.29) is 0 Å². The van der Waals surface area contributed by atoms with E-state index in [0.29, 0.717) is 6.04 Å². The summed E-state index contributed by atoms with van der Waals surface area (Å²) in [6, 6.07) is 6.45. The van der Waals surface area contributed by atoms with E-state index in [9.17, 15) is 0 Å². The molecule has 17 heavy (non-hydrogen) atoms. The molecule has 0 saturated heterocycles. The summed E-state index contributed by atoms with van der Waals surface area (Å²) in [5.74, 6) is 1.48. The summed E-state index contributed by atoms with van der Waals surface area (Å²) >= 11 is 0. The minimum Gasteiger partial charge on any atom is -0.350 e. The van der Waals surface area contributed by atoms with Crippen LogP contribution in [0.2, 0.25) is 0 Å². The van der Waals surface area contributed by atoms with E-state index in [2.05, 4.69) is 22.3 Å². The lowest BCUT2D eigenvalue weighted by atomic mass is 9.86. The highest BCUT2D eigenvalue weighted by Gasteiger charge is 2.22. The molecule has 2 aromatic rings. The van der Waals surface area contributed by atoms with E-state index < -0.39 is 0 Å². The van der Waals surface area contributed by atoms with Gasteiger partial charge in [0.2, 0.25) is 5.95 Å². The molecule has 2 heterocycles. The Morgan fingerprint density at radius 1 is 1.29 bits per heavy atom. The molecule has 0 spiro atoms. The van der Waals surface area contributed by atoms with Gasteiger partial charge in [0.05, 0.1) is 0 Å². The van der Waals surface area contributed by atoms with Gasteiger partial charge in [0, 0.05) is 12.2 Å². The van der Waals surface area contributed by atoms with Gasteiger partial charge in [-0.2, -0.15) is 4.98 Å². The second kappa shape index (κ2) is 4.35. The Morgan fingerprint density at radius 3 is 3.00 bits per heavy atom. The third-order valence-corrected chi connectivity index (χ3v) is 3.67. The van der Waals surface area contributed by atoms with Crippen LogP contribution in [0.3, 0.4) is 0 Å². The molecule has 1 saturated carbocycles. The lowest BCUT2D eigenvalue weighted by Gasteiger charge is -2.28. The van der Waals surface area contributed by atoms with Crippen LogP contribution >= 0.6 is 0 Å². The standard InChI is InChI=1S/C13H18N4/c1-10-6-2-3-7-11(10)14-13-15-12-8-4-5-9-17(12)16-13/h4-5,8-11H,2-3,6-7H2,1H3,(H,14,16). The highest BCUT2D eigenvalue weighted by molar-refractivity contribution is 5.43. The van der Waals surface area contributed by atoms with Crippen LogP contribution in [-0.2, 0) is 0 Å². The average molecular weight is 230 g/mol. The fraction of sp³-hybridized carbons (Fsp3) is 0.538. The summed E-state index contributed by atoms with van der Waals surface area (Å²) in [5.41, 5.74) is 0.901. The van der Waals surface area contributed by atoms with E-state index in [0.717, 1.165) is 17.5 Å². The van der Waals surface area contributed by atoms with Crippen molar-refractivity contribution < 1.29 is 0 Å². The van der Waals surface area contributed by atoms with Gasteiger partial charge in [-0.1, -0.05) is 25.8 Å². The van der Waals surface area contributed by atoms with E-state index >= 15 is 0 Å². The maximum atomic E-state index is 4.48. The van der Waals surface area contributed by atoms with Crippen LogP contribution in [0.15, 0.2) is 24.4 Å². The molecule has 0 aromatic carbocycles. The highest BCUT2D eigenvalue weighted by Crippen LogP contribution is 2.25. The van der Waals surface area contributed by atoms with Crippen molar-refractivity contribution in [2.45, 2.75) is 38.6 Å². The van der Waals surface area contributed by atoms with Crippen molar-refractivity contribution in [3.05, 3.63) is 24.4 Å². The zero-order valence-corrected chi connectivity index (χ0v) is 10.1. The van der Waals surface area contributed by atoms with Crippen LogP contribution < -0.4 is 5.32 Å². The predicted molar refractivity (Wildman–Crippen MR) is 68.0 cm³/mol. The molecule has 0 bridgehead atoms. The molecule has 90 valence electrons. The van der Waals surface area contributed by atoms with Crippen molar-refractivity contribution in [2.75, 3.05) is 5.32 Å². The van der Waals surface area contributed by atoms with Gasteiger partial charge in [0.25, 0.3) is 0 Å². The van der Waals surface area contributed by atoms with Crippen molar-refractivity contribution >= 4 is 11.6 Å². The summed E-state index contributed by atoms with van der Waals surface area (Å²) in [6.45, 7) is 2.31. The van der Waals surface area contributed by atoms with Gasteiger partial charge < -0.3 is 5.32 Å². The molecule has 0 radical (unpaired) electrons. The maximum Gasteiger partial charge on any atom is 0.243 e. The van der Waals surface area contributed by atoms with E-state index in [1.165, 1.54) is 25.7 Å². The maximum absolute atomic E-state index is 4.48. The van der Waals surface area contributed by atoms with Gasteiger partial charge in [0.15, 0.2) is 5.65 Å². The number of hydrogen-bond donors (Lipinski definition) is 1. The average Bonchev–Trinajstić information content (AvgIpc) is 2.74. The van der Waals surface area contributed by atoms with Gasteiger partial charge in [-0.15, -0.1) is 5.10 Å². The van der Waals surface area contributed by atoms with E-state index in [1.807, 2.05) is 28.9 Å². The third-order valence-electron chi connectivity index (χ3n) is 3.67. The SMILES string of the molecule is CC1CCCCC1Nc1nc2ccccn2n1. The van der Waals surface area contributed by atoms with Gasteiger partial charge in [-0.05, 0) is 30.9 Å². The van der Waals surface area contributed by atoms with E-state index in [1.54, 1.807) is 0 Å². The van der Waals surface area contributed by atoms with Crippen LogP contribution in [0.5, 0.6) is 0 Å². The van der Waals surface area contributed by atoms with Crippen LogP contribution in [-0.4, -0.2) is 20.6 Å². The topological polar surface area (TPSA) is 42.2 Å². The Morgan fingerprint density at radius 2 is 2.18 bits per heavy atom. The molecule has 1 fully saturated rings. The number of aromatic nitrogens is 3.